The first-order chi connectivity index (χ1) is 11.9. The Hall–Kier alpha value is -1.85. The van der Waals surface area contributed by atoms with E-state index in [-0.39, 0.29) is 18.1 Å². The Morgan fingerprint density at radius 3 is 2.28 bits per heavy atom. The van der Waals surface area contributed by atoms with Gasteiger partial charge in [-0.15, -0.1) is 0 Å². The summed E-state index contributed by atoms with van der Waals surface area (Å²) in [4.78, 5) is 14.5. The summed E-state index contributed by atoms with van der Waals surface area (Å²) in [5.41, 5.74) is 2.30. The molecule has 2 amide bonds. The zero-order valence-corrected chi connectivity index (χ0v) is 16.6. The number of carbonyl (C=O) groups excluding carboxylic acids is 1. The molecule has 25 heavy (non-hydrogen) atoms. The minimum atomic E-state index is -0.139. The van der Waals surface area contributed by atoms with Crippen LogP contribution in [0.1, 0.15) is 24.1 Å². The van der Waals surface area contributed by atoms with Crippen molar-refractivity contribution in [1.29, 1.82) is 0 Å². The van der Waals surface area contributed by atoms with Gasteiger partial charge in [0.15, 0.2) is 0 Å². The van der Waals surface area contributed by atoms with Crippen molar-refractivity contribution in [2.24, 2.45) is 0 Å². The lowest BCUT2D eigenvalue weighted by Gasteiger charge is -2.24. The van der Waals surface area contributed by atoms with Gasteiger partial charge in [0, 0.05) is 17.1 Å². The van der Waals surface area contributed by atoms with Gasteiger partial charge in [-0.1, -0.05) is 58.4 Å². The molecule has 0 aliphatic heterocycles. The molecule has 0 saturated carbocycles. The largest absolute Gasteiger partial charge is 0.335 e. The SMILES string of the molecule is CC(Cc1ccc(Br)cc1)NC(=O)NC(CN(C)C)c1ccccc1. The average Bonchev–Trinajstić information content (AvgIpc) is 2.56. The predicted octanol–water partition coefficient (Wildman–Crippen LogP) is 3.98. The van der Waals surface area contributed by atoms with Crippen LogP contribution in [0.15, 0.2) is 59.1 Å². The summed E-state index contributed by atoms with van der Waals surface area (Å²) in [5.74, 6) is 0. The number of benzene rings is 2. The molecule has 0 aliphatic rings. The fourth-order valence-corrected chi connectivity index (χ4v) is 3.00. The molecule has 2 aromatic carbocycles. The van der Waals surface area contributed by atoms with Crippen LogP contribution in [0.2, 0.25) is 0 Å². The summed E-state index contributed by atoms with van der Waals surface area (Å²) in [6, 6.07) is 18.1. The Labute approximate surface area is 158 Å². The van der Waals surface area contributed by atoms with Crippen molar-refractivity contribution in [3.63, 3.8) is 0 Å². The quantitative estimate of drug-likeness (QED) is 0.733. The van der Waals surface area contributed by atoms with Gasteiger partial charge in [-0.05, 0) is 50.7 Å². The van der Waals surface area contributed by atoms with Gasteiger partial charge in [0.2, 0.25) is 0 Å². The normalized spacial score (nSPS) is 13.3. The van der Waals surface area contributed by atoms with Crippen molar-refractivity contribution >= 4 is 22.0 Å². The molecule has 0 aliphatic carbocycles. The minimum absolute atomic E-state index is 0.0453. The molecule has 2 unspecified atom stereocenters. The zero-order chi connectivity index (χ0) is 18.2. The molecule has 0 saturated heterocycles. The molecule has 5 heteroatoms. The molecule has 0 bridgehead atoms. The van der Waals surface area contributed by atoms with Crippen molar-refractivity contribution in [3.05, 3.63) is 70.2 Å². The summed E-state index contributed by atoms with van der Waals surface area (Å²) in [6.45, 7) is 2.77. The Bertz CT molecular complexity index is 658. The third kappa shape index (κ3) is 6.88. The number of amides is 2. The Kier molecular flexibility index (Phi) is 7.47. The van der Waals surface area contributed by atoms with Crippen LogP contribution >= 0.6 is 15.9 Å². The molecule has 0 spiro atoms. The first-order valence-electron chi connectivity index (χ1n) is 8.45. The summed E-state index contributed by atoms with van der Waals surface area (Å²) in [5, 5.41) is 6.13. The van der Waals surface area contributed by atoms with E-state index in [0.717, 1.165) is 23.0 Å². The Morgan fingerprint density at radius 2 is 1.68 bits per heavy atom. The topological polar surface area (TPSA) is 44.4 Å². The highest BCUT2D eigenvalue weighted by molar-refractivity contribution is 9.10. The summed E-state index contributed by atoms with van der Waals surface area (Å²) >= 11 is 3.44. The smallest absolute Gasteiger partial charge is 0.315 e. The maximum Gasteiger partial charge on any atom is 0.315 e. The van der Waals surface area contributed by atoms with Crippen LogP contribution in [0, 0.1) is 0 Å². The molecule has 4 nitrogen and oxygen atoms in total. The molecular weight excluding hydrogens is 378 g/mol. The Morgan fingerprint density at radius 1 is 1.04 bits per heavy atom. The molecule has 0 fully saturated rings. The van der Waals surface area contributed by atoms with Gasteiger partial charge >= 0.3 is 6.03 Å². The zero-order valence-electron chi connectivity index (χ0n) is 15.0. The number of urea groups is 1. The summed E-state index contributed by atoms with van der Waals surface area (Å²) < 4.78 is 1.06. The fourth-order valence-electron chi connectivity index (χ4n) is 2.73. The third-order valence-electron chi connectivity index (χ3n) is 3.89. The van der Waals surface area contributed by atoms with E-state index in [1.165, 1.54) is 5.56 Å². The molecular formula is C20H26BrN3O. The number of likely N-dealkylation sites (N-methyl/N-ethyl adjacent to an activating group) is 1. The van der Waals surface area contributed by atoms with E-state index < -0.39 is 0 Å². The molecule has 2 atom stereocenters. The fraction of sp³-hybridized carbons (Fsp3) is 0.350. The monoisotopic (exact) mass is 403 g/mol. The molecule has 2 aromatic rings. The van der Waals surface area contributed by atoms with E-state index >= 15 is 0 Å². The van der Waals surface area contributed by atoms with E-state index in [1.54, 1.807) is 0 Å². The van der Waals surface area contributed by atoms with Gasteiger partial charge in [-0.25, -0.2) is 4.79 Å². The molecule has 0 heterocycles. The van der Waals surface area contributed by atoms with Gasteiger partial charge in [0.25, 0.3) is 0 Å². The molecule has 2 N–H and O–H groups in total. The first kappa shape index (κ1) is 19.5. The Balaban J connectivity index is 1.92. The van der Waals surface area contributed by atoms with Crippen LogP contribution < -0.4 is 10.6 Å². The number of nitrogens with zero attached hydrogens (tertiary/aromatic N) is 1. The lowest BCUT2D eigenvalue weighted by molar-refractivity contribution is 0.230. The second-order valence-corrected chi connectivity index (χ2v) is 7.49. The minimum Gasteiger partial charge on any atom is -0.335 e. The second kappa shape index (κ2) is 9.59. The number of carbonyl (C=O) groups is 1. The van der Waals surface area contributed by atoms with Crippen LogP contribution in [0.3, 0.4) is 0 Å². The van der Waals surface area contributed by atoms with Crippen molar-refractivity contribution in [2.75, 3.05) is 20.6 Å². The third-order valence-corrected chi connectivity index (χ3v) is 4.42. The van der Waals surface area contributed by atoms with Crippen LogP contribution in [0.25, 0.3) is 0 Å². The van der Waals surface area contributed by atoms with Gasteiger partial charge in [0.1, 0.15) is 0 Å². The van der Waals surface area contributed by atoms with Crippen molar-refractivity contribution in [2.45, 2.75) is 25.4 Å². The van der Waals surface area contributed by atoms with Crippen LogP contribution in [-0.2, 0) is 6.42 Å². The van der Waals surface area contributed by atoms with Gasteiger partial charge in [-0.3, -0.25) is 0 Å². The molecule has 0 radical (unpaired) electrons. The van der Waals surface area contributed by atoms with E-state index in [0.29, 0.717) is 0 Å². The van der Waals surface area contributed by atoms with Gasteiger partial charge < -0.3 is 15.5 Å². The number of hydrogen-bond acceptors (Lipinski definition) is 2. The van der Waals surface area contributed by atoms with Gasteiger partial charge in [-0.2, -0.15) is 0 Å². The number of halogens is 1. The summed E-state index contributed by atoms with van der Waals surface area (Å²) in [7, 11) is 4.01. The highest BCUT2D eigenvalue weighted by atomic mass is 79.9. The molecule has 0 aromatic heterocycles. The lowest BCUT2D eigenvalue weighted by Crippen LogP contribution is -2.45. The van der Waals surface area contributed by atoms with E-state index in [1.807, 2.05) is 63.5 Å². The van der Waals surface area contributed by atoms with Crippen LogP contribution in [0.5, 0.6) is 0 Å². The van der Waals surface area contributed by atoms with Crippen LogP contribution in [0.4, 0.5) is 4.79 Å². The number of hydrogen-bond donors (Lipinski definition) is 2. The van der Waals surface area contributed by atoms with Gasteiger partial charge in [0.05, 0.1) is 6.04 Å². The van der Waals surface area contributed by atoms with E-state index in [4.69, 9.17) is 0 Å². The standard InChI is InChI=1S/C20H26BrN3O/c1-15(13-16-9-11-18(21)12-10-16)22-20(25)23-19(14-24(2)3)17-7-5-4-6-8-17/h4-12,15,19H,13-14H2,1-3H3,(H2,22,23,25). The lowest BCUT2D eigenvalue weighted by atomic mass is 10.1. The first-order valence-corrected chi connectivity index (χ1v) is 9.24. The maximum atomic E-state index is 12.4. The number of nitrogens with one attached hydrogen (secondary N) is 2. The van der Waals surface area contributed by atoms with Crippen LogP contribution in [-0.4, -0.2) is 37.6 Å². The van der Waals surface area contributed by atoms with E-state index in [2.05, 4.69) is 43.6 Å². The summed E-state index contributed by atoms with van der Waals surface area (Å²) in [6.07, 6.45) is 0.796. The molecule has 134 valence electrons. The highest BCUT2D eigenvalue weighted by Crippen LogP contribution is 2.14. The predicted molar refractivity (Wildman–Crippen MR) is 107 cm³/mol. The second-order valence-electron chi connectivity index (χ2n) is 6.57. The van der Waals surface area contributed by atoms with Crippen molar-refractivity contribution < 1.29 is 4.79 Å². The maximum absolute atomic E-state index is 12.4. The number of rotatable bonds is 7. The average molecular weight is 404 g/mol. The molecule has 2 rings (SSSR count). The van der Waals surface area contributed by atoms with E-state index in [9.17, 15) is 4.79 Å². The van der Waals surface area contributed by atoms with Crippen molar-refractivity contribution in [1.82, 2.24) is 15.5 Å². The van der Waals surface area contributed by atoms with Crippen molar-refractivity contribution in [3.8, 4) is 0 Å². The highest BCUT2D eigenvalue weighted by Gasteiger charge is 2.16.